The molecular formula is C15H14NO2. The van der Waals surface area contributed by atoms with Crippen molar-refractivity contribution in [2.24, 2.45) is 0 Å². The molecule has 0 unspecified atom stereocenters. The lowest BCUT2D eigenvalue weighted by Gasteiger charge is -2.02. The van der Waals surface area contributed by atoms with E-state index >= 15 is 0 Å². The Kier molecular flexibility index (Phi) is 3.72. The Bertz CT molecular complexity index is 590. The van der Waals surface area contributed by atoms with Crippen LogP contribution in [0.15, 0.2) is 42.5 Å². The van der Waals surface area contributed by atoms with Gasteiger partial charge in [-0.2, -0.15) is 5.32 Å². The minimum Gasteiger partial charge on any atom is -0.272 e. The maximum absolute atomic E-state index is 11.8. The molecule has 2 aromatic rings. The highest BCUT2D eigenvalue weighted by Crippen LogP contribution is 2.15. The van der Waals surface area contributed by atoms with Gasteiger partial charge < -0.3 is 0 Å². The van der Waals surface area contributed by atoms with Gasteiger partial charge in [-0.3, -0.25) is 9.59 Å². The highest BCUT2D eigenvalue weighted by Gasteiger charge is 2.12. The lowest BCUT2D eigenvalue weighted by molar-refractivity contribution is -0.120. The summed E-state index contributed by atoms with van der Waals surface area (Å²) in [6.45, 7) is 1.88. The average molecular weight is 240 g/mol. The Balaban J connectivity index is 2.20. The second-order valence-electron chi connectivity index (χ2n) is 4.12. The summed E-state index contributed by atoms with van der Waals surface area (Å²) in [5.41, 5.74) is 0.457. The Hall–Kier alpha value is -2.16. The lowest BCUT2D eigenvalue weighted by atomic mass is 10.1. The number of carbonyl (C=O) groups excluding carboxylic acids is 2. The molecule has 0 spiro atoms. The summed E-state index contributed by atoms with van der Waals surface area (Å²) in [7, 11) is 0. The first kappa shape index (κ1) is 12.3. The highest BCUT2D eigenvalue weighted by molar-refractivity contribution is 6.06. The molecule has 0 N–H and O–H groups in total. The van der Waals surface area contributed by atoms with Crippen molar-refractivity contribution < 1.29 is 9.59 Å². The van der Waals surface area contributed by atoms with E-state index in [0.29, 0.717) is 18.4 Å². The number of rotatable bonds is 3. The summed E-state index contributed by atoms with van der Waals surface area (Å²) in [6, 6.07) is 13.1. The monoisotopic (exact) mass is 240 g/mol. The van der Waals surface area contributed by atoms with Crippen molar-refractivity contribution in [3.05, 3.63) is 48.0 Å². The first-order valence-corrected chi connectivity index (χ1v) is 5.98. The van der Waals surface area contributed by atoms with E-state index in [0.717, 1.165) is 10.8 Å². The zero-order chi connectivity index (χ0) is 13.0. The summed E-state index contributed by atoms with van der Waals surface area (Å²) in [5, 5.41) is 5.60. The molecule has 0 saturated heterocycles. The van der Waals surface area contributed by atoms with E-state index in [1.54, 1.807) is 12.1 Å². The van der Waals surface area contributed by atoms with E-state index in [2.05, 4.69) is 5.32 Å². The fraction of sp³-hybridized carbons (Fsp3) is 0.200. The minimum absolute atomic E-state index is 0.319. The van der Waals surface area contributed by atoms with Crippen molar-refractivity contribution in [2.75, 3.05) is 0 Å². The van der Waals surface area contributed by atoms with Crippen LogP contribution in [0.1, 0.15) is 30.1 Å². The standard InChI is InChI=1S/C15H14NO2/c1-2-5-14(17)16-15(18)13-9-8-11-6-3-4-7-12(11)10-13/h3-4,6-10H,2,5H2,1H3. The van der Waals surface area contributed by atoms with Crippen LogP contribution in [0.3, 0.4) is 0 Å². The molecule has 0 fully saturated rings. The quantitative estimate of drug-likeness (QED) is 0.828. The first-order chi connectivity index (χ1) is 8.70. The molecule has 0 heterocycles. The largest absolute Gasteiger partial charge is 0.280 e. The lowest BCUT2D eigenvalue weighted by Crippen LogP contribution is -2.22. The van der Waals surface area contributed by atoms with Crippen LogP contribution in [0, 0.1) is 0 Å². The Morgan fingerprint density at radius 1 is 1.06 bits per heavy atom. The minimum atomic E-state index is -0.459. The van der Waals surface area contributed by atoms with Gasteiger partial charge in [0.1, 0.15) is 0 Å². The number of amides is 2. The van der Waals surface area contributed by atoms with Crippen molar-refractivity contribution >= 4 is 22.6 Å². The number of hydrogen-bond acceptors (Lipinski definition) is 2. The van der Waals surface area contributed by atoms with Crippen LogP contribution in [-0.4, -0.2) is 11.8 Å². The number of benzene rings is 2. The van der Waals surface area contributed by atoms with Gasteiger partial charge >= 0.3 is 0 Å². The van der Waals surface area contributed by atoms with Gasteiger partial charge in [-0.25, -0.2) is 0 Å². The van der Waals surface area contributed by atoms with Gasteiger partial charge in [0.25, 0.3) is 5.91 Å². The smallest absolute Gasteiger partial charge is 0.272 e. The number of imide groups is 1. The molecule has 1 radical (unpaired) electrons. The number of fused-ring (bicyclic) bond motifs is 1. The molecule has 0 aromatic heterocycles. The van der Waals surface area contributed by atoms with Crippen molar-refractivity contribution in [3.63, 3.8) is 0 Å². The molecule has 0 saturated carbocycles. The summed E-state index contributed by atoms with van der Waals surface area (Å²) < 4.78 is 0. The maximum Gasteiger partial charge on any atom is 0.280 e. The average Bonchev–Trinajstić information content (AvgIpc) is 2.38. The number of hydrogen-bond donors (Lipinski definition) is 0. The zero-order valence-corrected chi connectivity index (χ0v) is 10.2. The van der Waals surface area contributed by atoms with Gasteiger partial charge in [0.05, 0.1) is 0 Å². The molecule has 0 bridgehead atoms. The van der Waals surface area contributed by atoms with E-state index in [1.165, 1.54) is 0 Å². The van der Waals surface area contributed by atoms with Crippen LogP contribution in [0.4, 0.5) is 0 Å². The summed E-state index contributed by atoms with van der Waals surface area (Å²) in [6.07, 6.45) is 1.02. The molecule has 2 amide bonds. The molecule has 3 heteroatoms. The zero-order valence-electron chi connectivity index (χ0n) is 10.2. The summed E-state index contributed by atoms with van der Waals surface area (Å²) >= 11 is 0. The molecule has 18 heavy (non-hydrogen) atoms. The second-order valence-corrected chi connectivity index (χ2v) is 4.12. The summed E-state index contributed by atoms with van der Waals surface area (Å²) in [5.74, 6) is -0.810. The molecule has 3 nitrogen and oxygen atoms in total. The summed E-state index contributed by atoms with van der Waals surface area (Å²) in [4.78, 5) is 23.1. The Morgan fingerprint density at radius 2 is 1.78 bits per heavy atom. The van der Waals surface area contributed by atoms with Gasteiger partial charge in [-0.15, -0.1) is 0 Å². The number of carbonyl (C=O) groups is 2. The third-order valence-corrected chi connectivity index (χ3v) is 2.69. The van der Waals surface area contributed by atoms with E-state index in [9.17, 15) is 9.59 Å². The Morgan fingerprint density at radius 3 is 2.50 bits per heavy atom. The Labute approximate surface area is 106 Å². The van der Waals surface area contributed by atoms with Crippen LogP contribution in [0.5, 0.6) is 0 Å². The van der Waals surface area contributed by atoms with Gasteiger partial charge in [0, 0.05) is 12.0 Å². The van der Waals surface area contributed by atoms with E-state index in [1.807, 2.05) is 37.3 Å². The SMILES string of the molecule is CCCC(=O)[N]C(=O)c1ccc2ccccc2c1. The van der Waals surface area contributed by atoms with Crippen LogP contribution in [0.25, 0.3) is 10.8 Å². The topological polar surface area (TPSA) is 48.2 Å². The van der Waals surface area contributed by atoms with Gasteiger partial charge in [0.2, 0.25) is 5.91 Å². The van der Waals surface area contributed by atoms with Crippen molar-refractivity contribution in [1.82, 2.24) is 5.32 Å². The predicted octanol–water partition coefficient (Wildman–Crippen LogP) is 2.91. The first-order valence-electron chi connectivity index (χ1n) is 5.98. The fourth-order valence-electron chi connectivity index (χ4n) is 1.77. The van der Waals surface area contributed by atoms with Crippen LogP contribution >= 0.6 is 0 Å². The third kappa shape index (κ3) is 2.74. The molecule has 0 atom stereocenters. The van der Waals surface area contributed by atoms with E-state index in [4.69, 9.17) is 0 Å². The van der Waals surface area contributed by atoms with Crippen LogP contribution < -0.4 is 5.32 Å². The van der Waals surface area contributed by atoms with Gasteiger partial charge in [0.15, 0.2) is 0 Å². The molecule has 91 valence electrons. The predicted molar refractivity (Wildman–Crippen MR) is 70.3 cm³/mol. The van der Waals surface area contributed by atoms with Gasteiger partial charge in [-0.1, -0.05) is 37.3 Å². The van der Waals surface area contributed by atoms with Crippen molar-refractivity contribution in [2.45, 2.75) is 19.8 Å². The van der Waals surface area contributed by atoms with Gasteiger partial charge in [-0.05, 0) is 29.3 Å². The molecule has 2 aromatic carbocycles. The third-order valence-electron chi connectivity index (χ3n) is 2.69. The molecule has 0 aliphatic heterocycles. The molecule has 2 rings (SSSR count). The van der Waals surface area contributed by atoms with E-state index in [-0.39, 0.29) is 5.91 Å². The van der Waals surface area contributed by atoms with Crippen molar-refractivity contribution in [1.29, 1.82) is 0 Å². The highest BCUT2D eigenvalue weighted by atomic mass is 16.2. The fourth-order valence-corrected chi connectivity index (χ4v) is 1.77. The molecule has 0 aliphatic rings. The molecule has 0 aliphatic carbocycles. The molecular weight excluding hydrogens is 226 g/mol. The second kappa shape index (κ2) is 5.45. The van der Waals surface area contributed by atoms with Crippen LogP contribution in [0.2, 0.25) is 0 Å². The normalized spacial score (nSPS) is 10.3. The maximum atomic E-state index is 11.8. The number of nitrogens with zero attached hydrogens (tertiary/aromatic N) is 1. The van der Waals surface area contributed by atoms with Crippen LogP contribution in [-0.2, 0) is 4.79 Å². The van der Waals surface area contributed by atoms with E-state index < -0.39 is 5.91 Å². The van der Waals surface area contributed by atoms with Crippen molar-refractivity contribution in [3.8, 4) is 0 Å².